The Balaban J connectivity index is 1.72. The molecule has 1 atom stereocenters. The molecule has 1 unspecified atom stereocenters. The largest absolute Gasteiger partial charge is 0.313 e. The maximum absolute atomic E-state index is 12.5. The minimum absolute atomic E-state index is 0.140. The molecule has 2 N–H and O–H groups in total. The molecular formula is C16H24N2O2S. The van der Waals surface area contributed by atoms with Gasteiger partial charge in [0, 0.05) is 12.6 Å². The van der Waals surface area contributed by atoms with E-state index in [1.165, 1.54) is 25.7 Å². The Morgan fingerprint density at radius 3 is 2.62 bits per heavy atom. The second-order valence-corrected chi connectivity index (χ2v) is 8.31. The van der Waals surface area contributed by atoms with Crippen molar-refractivity contribution in [2.75, 3.05) is 13.6 Å². The number of hydrogen-bond donors (Lipinski definition) is 2. The van der Waals surface area contributed by atoms with Gasteiger partial charge in [-0.2, -0.15) is 0 Å². The maximum atomic E-state index is 12.5. The first-order valence-electron chi connectivity index (χ1n) is 7.74. The summed E-state index contributed by atoms with van der Waals surface area (Å²) < 4.78 is 27.8. The molecule has 3 rings (SSSR count). The molecule has 0 aliphatic heterocycles. The van der Waals surface area contributed by atoms with E-state index in [4.69, 9.17) is 0 Å². The molecule has 0 saturated heterocycles. The molecule has 1 aromatic carbocycles. The molecule has 0 amide bonds. The monoisotopic (exact) mass is 308 g/mol. The fourth-order valence-electron chi connectivity index (χ4n) is 3.03. The molecule has 0 heterocycles. The van der Waals surface area contributed by atoms with Crippen LogP contribution in [0.2, 0.25) is 0 Å². The van der Waals surface area contributed by atoms with Gasteiger partial charge in [0.25, 0.3) is 0 Å². The Morgan fingerprint density at radius 2 is 2.05 bits per heavy atom. The number of rotatable bonds is 7. The predicted octanol–water partition coefficient (Wildman–Crippen LogP) is 2.44. The average molecular weight is 308 g/mol. The first-order chi connectivity index (χ1) is 9.97. The Hall–Kier alpha value is -0.910. The highest BCUT2D eigenvalue weighted by Crippen LogP contribution is 2.60. The van der Waals surface area contributed by atoms with Crippen LogP contribution in [0.3, 0.4) is 0 Å². The zero-order valence-corrected chi connectivity index (χ0v) is 13.5. The van der Waals surface area contributed by atoms with Crippen LogP contribution in [0.4, 0.5) is 0 Å². The molecule has 5 heteroatoms. The van der Waals surface area contributed by atoms with Gasteiger partial charge < -0.3 is 5.32 Å². The van der Waals surface area contributed by atoms with Gasteiger partial charge in [-0.1, -0.05) is 12.1 Å². The van der Waals surface area contributed by atoms with Crippen LogP contribution < -0.4 is 10.0 Å². The summed E-state index contributed by atoms with van der Waals surface area (Å²) in [6.45, 7) is 2.62. The molecule has 0 bridgehead atoms. The first kappa shape index (κ1) is 15.0. The summed E-state index contributed by atoms with van der Waals surface area (Å²) >= 11 is 0. The normalized spacial score (nSPS) is 22.0. The van der Waals surface area contributed by atoms with Crippen LogP contribution in [-0.2, 0) is 10.0 Å². The number of nitrogens with one attached hydrogen (secondary N) is 2. The molecule has 116 valence electrons. The van der Waals surface area contributed by atoms with Crippen molar-refractivity contribution >= 4 is 10.0 Å². The fourth-order valence-corrected chi connectivity index (χ4v) is 4.22. The Morgan fingerprint density at radius 1 is 1.33 bits per heavy atom. The summed E-state index contributed by atoms with van der Waals surface area (Å²) in [7, 11) is -1.53. The zero-order chi connectivity index (χ0) is 15.1. The maximum Gasteiger partial charge on any atom is 0.240 e. The van der Waals surface area contributed by atoms with E-state index in [-0.39, 0.29) is 11.5 Å². The second-order valence-electron chi connectivity index (χ2n) is 6.54. The summed E-state index contributed by atoms with van der Waals surface area (Å²) in [4.78, 5) is 0.369. The smallest absolute Gasteiger partial charge is 0.240 e. The Labute approximate surface area is 127 Å². The summed E-state index contributed by atoms with van der Waals surface area (Å²) in [5, 5.41) is 3.13. The number of hydrogen-bond acceptors (Lipinski definition) is 3. The standard InChI is InChI=1S/C16H24N2O2S/c1-12(17-2)13-4-3-5-15(10-13)21(19,20)18-11-16(8-9-16)14-6-7-14/h3-5,10,12,14,17-18H,6-9,11H2,1-2H3. The molecule has 21 heavy (non-hydrogen) atoms. The van der Waals surface area contributed by atoms with Crippen molar-refractivity contribution in [3.8, 4) is 0 Å². The van der Waals surface area contributed by atoms with Crippen molar-refractivity contribution in [2.45, 2.75) is 43.5 Å². The fraction of sp³-hybridized carbons (Fsp3) is 0.625. The van der Waals surface area contributed by atoms with Gasteiger partial charge in [0.05, 0.1) is 4.90 Å². The Kier molecular flexibility index (Phi) is 3.84. The lowest BCUT2D eigenvalue weighted by molar-refractivity contribution is 0.432. The van der Waals surface area contributed by atoms with E-state index in [2.05, 4.69) is 10.0 Å². The minimum Gasteiger partial charge on any atom is -0.313 e. The number of benzene rings is 1. The van der Waals surface area contributed by atoms with Crippen molar-refractivity contribution in [1.29, 1.82) is 0 Å². The molecule has 1 aromatic rings. The summed E-state index contributed by atoms with van der Waals surface area (Å²) in [6.07, 6.45) is 4.90. The van der Waals surface area contributed by atoms with Crippen molar-refractivity contribution in [3.05, 3.63) is 29.8 Å². The van der Waals surface area contributed by atoms with E-state index in [1.807, 2.05) is 26.1 Å². The summed E-state index contributed by atoms with van der Waals surface area (Å²) in [5.41, 5.74) is 1.27. The molecule has 2 aliphatic carbocycles. The number of sulfonamides is 1. The molecule has 4 nitrogen and oxygen atoms in total. The van der Waals surface area contributed by atoms with E-state index in [9.17, 15) is 8.42 Å². The summed E-state index contributed by atoms with van der Waals surface area (Å²) in [5.74, 6) is 0.760. The molecule has 0 spiro atoms. The third-order valence-corrected chi connectivity index (χ3v) is 6.45. The topological polar surface area (TPSA) is 58.2 Å². The van der Waals surface area contributed by atoms with Gasteiger partial charge in [0.15, 0.2) is 0 Å². The highest BCUT2D eigenvalue weighted by atomic mass is 32.2. The van der Waals surface area contributed by atoms with E-state index in [1.54, 1.807) is 12.1 Å². The van der Waals surface area contributed by atoms with Crippen LogP contribution in [-0.4, -0.2) is 22.0 Å². The van der Waals surface area contributed by atoms with Crippen molar-refractivity contribution in [1.82, 2.24) is 10.0 Å². The van der Waals surface area contributed by atoms with E-state index >= 15 is 0 Å². The molecule has 2 aliphatic rings. The van der Waals surface area contributed by atoms with Gasteiger partial charge in [-0.25, -0.2) is 13.1 Å². The predicted molar refractivity (Wildman–Crippen MR) is 83.5 cm³/mol. The third-order valence-electron chi connectivity index (χ3n) is 5.05. The van der Waals surface area contributed by atoms with Crippen LogP contribution in [0.25, 0.3) is 0 Å². The SMILES string of the molecule is CNC(C)c1cccc(S(=O)(=O)NCC2(C3CC3)CC2)c1. The molecule has 0 radical (unpaired) electrons. The van der Waals surface area contributed by atoms with Crippen molar-refractivity contribution in [2.24, 2.45) is 11.3 Å². The van der Waals surface area contributed by atoms with E-state index in [0.717, 1.165) is 11.5 Å². The Bertz CT molecular complexity index is 619. The lowest BCUT2D eigenvalue weighted by Gasteiger charge is -2.16. The van der Waals surface area contributed by atoms with E-state index in [0.29, 0.717) is 11.4 Å². The second kappa shape index (κ2) is 5.38. The third kappa shape index (κ3) is 3.15. The highest BCUT2D eigenvalue weighted by Gasteiger charge is 2.53. The van der Waals surface area contributed by atoms with Crippen LogP contribution in [0.15, 0.2) is 29.2 Å². The lowest BCUT2D eigenvalue weighted by Crippen LogP contribution is -2.31. The highest BCUT2D eigenvalue weighted by molar-refractivity contribution is 7.89. The molecule has 0 aromatic heterocycles. The average Bonchev–Trinajstić information content (AvgIpc) is 3.37. The molecular weight excluding hydrogens is 284 g/mol. The van der Waals surface area contributed by atoms with Crippen LogP contribution in [0, 0.1) is 11.3 Å². The van der Waals surface area contributed by atoms with Crippen LogP contribution in [0.1, 0.15) is 44.2 Å². The van der Waals surface area contributed by atoms with Crippen LogP contribution >= 0.6 is 0 Å². The lowest BCUT2D eigenvalue weighted by atomic mass is 10.0. The van der Waals surface area contributed by atoms with Gasteiger partial charge in [0.1, 0.15) is 0 Å². The minimum atomic E-state index is -3.40. The zero-order valence-electron chi connectivity index (χ0n) is 12.7. The molecule has 2 fully saturated rings. The van der Waals surface area contributed by atoms with Gasteiger partial charge in [-0.3, -0.25) is 0 Å². The van der Waals surface area contributed by atoms with Crippen LogP contribution in [0.5, 0.6) is 0 Å². The van der Waals surface area contributed by atoms with Crippen molar-refractivity contribution < 1.29 is 8.42 Å². The molecule has 2 saturated carbocycles. The quantitative estimate of drug-likeness (QED) is 0.813. The van der Waals surface area contributed by atoms with Gasteiger partial charge >= 0.3 is 0 Å². The van der Waals surface area contributed by atoms with Gasteiger partial charge in [-0.15, -0.1) is 0 Å². The van der Waals surface area contributed by atoms with Crippen molar-refractivity contribution in [3.63, 3.8) is 0 Å². The van der Waals surface area contributed by atoms with Gasteiger partial charge in [0.2, 0.25) is 10.0 Å². The summed E-state index contributed by atoms with van der Waals surface area (Å²) in [6, 6.07) is 7.34. The first-order valence-corrected chi connectivity index (χ1v) is 9.22. The van der Waals surface area contributed by atoms with Gasteiger partial charge in [-0.05, 0) is 68.7 Å². The van der Waals surface area contributed by atoms with E-state index < -0.39 is 10.0 Å².